The van der Waals surface area contributed by atoms with E-state index in [1.54, 1.807) is 18.2 Å². The Labute approximate surface area is 191 Å². The van der Waals surface area contributed by atoms with Crippen LogP contribution in [0.1, 0.15) is 37.8 Å². The summed E-state index contributed by atoms with van der Waals surface area (Å²) in [6.07, 6.45) is 0.908. The minimum atomic E-state index is -0.718. The summed E-state index contributed by atoms with van der Waals surface area (Å²) < 4.78 is 14.2. The molecular formula is C22H24Cl3FN2O2. The van der Waals surface area contributed by atoms with Crippen molar-refractivity contribution in [2.24, 2.45) is 0 Å². The topological polar surface area (TPSA) is 49.4 Å². The van der Waals surface area contributed by atoms with Crippen LogP contribution < -0.4 is 5.32 Å². The lowest BCUT2D eigenvalue weighted by atomic mass is 10.1. The number of amides is 2. The molecule has 0 heterocycles. The monoisotopic (exact) mass is 472 g/mol. The first-order valence-corrected chi connectivity index (χ1v) is 10.9. The quantitative estimate of drug-likeness (QED) is 0.511. The van der Waals surface area contributed by atoms with Gasteiger partial charge in [-0.05, 0) is 42.7 Å². The van der Waals surface area contributed by atoms with Crippen molar-refractivity contribution < 1.29 is 14.0 Å². The number of carbonyl (C=O) groups is 2. The van der Waals surface area contributed by atoms with Gasteiger partial charge in [-0.3, -0.25) is 9.59 Å². The zero-order chi connectivity index (χ0) is 22.3. The van der Waals surface area contributed by atoms with Gasteiger partial charge in [-0.25, -0.2) is 4.39 Å². The molecule has 0 bridgehead atoms. The Bertz CT molecular complexity index is 888. The first-order chi connectivity index (χ1) is 14.3. The van der Waals surface area contributed by atoms with Crippen LogP contribution in [-0.2, 0) is 22.6 Å². The second kappa shape index (κ2) is 11.5. The van der Waals surface area contributed by atoms with Crippen molar-refractivity contribution in [2.45, 2.75) is 45.7 Å². The largest absolute Gasteiger partial charge is 0.354 e. The van der Waals surface area contributed by atoms with Crippen LogP contribution in [-0.4, -0.2) is 29.3 Å². The van der Waals surface area contributed by atoms with Gasteiger partial charge in [0.2, 0.25) is 11.8 Å². The zero-order valence-corrected chi connectivity index (χ0v) is 19.1. The van der Waals surface area contributed by atoms with E-state index >= 15 is 0 Å². The van der Waals surface area contributed by atoms with E-state index in [1.807, 2.05) is 13.8 Å². The molecule has 1 N–H and O–H groups in total. The molecule has 0 fully saturated rings. The van der Waals surface area contributed by atoms with Crippen LogP contribution >= 0.6 is 34.8 Å². The average molecular weight is 474 g/mol. The Kier molecular flexibility index (Phi) is 9.40. The molecule has 162 valence electrons. The summed E-state index contributed by atoms with van der Waals surface area (Å²) in [5, 5.41) is 3.74. The first-order valence-electron chi connectivity index (χ1n) is 9.72. The lowest BCUT2D eigenvalue weighted by molar-refractivity contribution is -0.141. The second-order valence-corrected chi connectivity index (χ2v) is 8.08. The molecular weight excluding hydrogens is 450 g/mol. The van der Waals surface area contributed by atoms with Crippen molar-refractivity contribution in [3.63, 3.8) is 0 Å². The molecule has 2 aromatic carbocycles. The molecule has 2 amide bonds. The summed E-state index contributed by atoms with van der Waals surface area (Å²) >= 11 is 18.2. The molecule has 0 spiro atoms. The minimum absolute atomic E-state index is 0.104. The van der Waals surface area contributed by atoms with Crippen LogP contribution in [0, 0.1) is 5.82 Å². The van der Waals surface area contributed by atoms with Crippen LogP contribution in [0.5, 0.6) is 0 Å². The zero-order valence-electron chi connectivity index (χ0n) is 16.9. The lowest BCUT2D eigenvalue weighted by Crippen LogP contribution is -2.49. The van der Waals surface area contributed by atoms with Crippen molar-refractivity contribution in [2.75, 3.05) is 6.54 Å². The Balaban J connectivity index is 2.36. The van der Waals surface area contributed by atoms with Crippen LogP contribution in [0.3, 0.4) is 0 Å². The van der Waals surface area contributed by atoms with E-state index in [9.17, 15) is 14.0 Å². The van der Waals surface area contributed by atoms with Crippen molar-refractivity contribution in [3.05, 3.63) is 68.4 Å². The van der Waals surface area contributed by atoms with Crippen LogP contribution in [0.15, 0.2) is 36.4 Å². The third-order valence-electron chi connectivity index (χ3n) is 4.66. The molecule has 0 aromatic heterocycles. The van der Waals surface area contributed by atoms with Gasteiger partial charge in [0, 0.05) is 23.7 Å². The van der Waals surface area contributed by atoms with E-state index in [0.717, 1.165) is 6.42 Å². The van der Waals surface area contributed by atoms with Gasteiger partial charge in [-0.1, -0.05) is 60.8 Å². The molecule has 0 radical (unpaired) electrons. The summed E-state index contributed by atoms with van der Waals surface area (Å²) in [4.78, 5) is 27.4. The van der Waals surface area contributed by atoms with Gasteiger partial charge in [-0.2, -0.15) is 0 Å². The van der Waals surface area contributed by atoms with Crippen LogP contribution in [0.25, 0.3) is 0 Å². The predicted molar refractivity (Wildman–Crippen MR) is 120 cm³/mol. The normalized spacial score (nSPS) is 11.8. The molecule has 0 unspecified atom stereocenters. The Morgan fingerprint density at radius 1 is 1.07 bits per heavy atom. The number of rotatable bonds is 9. The lowest BCUT2D eigenvalue weighted by Gasteiger charge is -2.31. The molecule has 8 heteroatoms. The maximum atomic E-state index is 14.2. The highest BCUT2D eigenvalue weighted by molar-refractivity contribution is 6.42. The van der Waals surface area contributed by atoms with Gasteiger partial charge < -0.3 is 10.2 Å². The minimum Gasteiger partial charge on any atom is -0.354 e. The Morgan fingerprint density at radius 3 is 2.40 bits per heavy atom. The number of hydrogen-bond acceptors (Lipinski definition) is 2. The van der Waals surface area contributed by atoms with Gasteiger partial charge in [0.15, 0.2) is 0 Å². The van der Waals surface area contributed by atoms with E-state index in [4.69, 9.17) is 34.8 Å². The van der Waals surface area contributed by atoms with E-state index in [2.05, 4.69) is 5.32 Å². The van der Waals surface area contributed by atoms with E-state index < -0.39 is 17.8 Å². The number of nitrogens with one attached hydrogen (secondary N) is 1. The van der Waals surface area contributed by atoms with Crippen LogP contribution in [0.2, 0.25) is 15.1 Å². The average Bonchev–Trinajstić information content (AvgIpc) is 2.71. The van der Waals surface area contributed by atoms with Crippen molar-refractivity contribution in [1.82, 2.24) is 10.2 Å². The number of nitrogens with zero attached hydrogens (tertiary/aromatic N) is 1. The summed E-state index contributed by atoms with van der Waals surface area (Å²) in [7, 11) is 0. The van der Waals surface area contributed by atoms with Gasteiger partial charge in [0.1, 0.15) is 11.9 Å². The maximum Gasteiger partial charge on any atom is 0.242 e. The molecule has 2 aromatic rings. The summed E-state index contributed by atoms with van der Waals surface area (Å²) in [5.74, 6) is -1.23. The second-order valence-electron chi connectivity index (χ2n) is 6.86. The third-order valence-corrected chi connectivity index (χ3v) is 5.75. The first kappa shape index (κ1) is 24.4. The molecule has 2 rings (SSSR count). The molecule has 0 saturated heterocycles. The molecule has 4 nitrogen and oxygen atoms in total. The smallest absolute Gasteiger partial charge is 0.242 e. The van der Waals surface area contributed by atoms with Gasteiger partial charge in [0.25, 0.3) is 0 Å². The fourth-order valence-corrected chi connectivity index (χ4v) is 3.62. The fourth-order valence-electron chi connectivity index (χ4n) is 3.07. The highest BCUT2D eigenvalue weighted by atomic mass is 35.5. The van der Waals surface area contributed by atoms with Crippen LogP contribution in [0.4, 0.5) is 4.39 Å². The van der Waals surface area contributed by atoms with E-state index in [1.165, 1.54) is 23.1 Å². The number of benzene rings is 2. The number of carbonyl (C=O) groups excluding carboxylic acids is 2. The highest BCUT2D eigenvalue weighted by Crippen LogP contribution is 2.25. The third kappa shape index (κ3) is 6.34. The van der Waals surface area contributed by atoms with Gasteiger partial charge >= 0.3 is 0 Å². The predicted octanol–water partition coefficient (Wildman–Crippen LogP) is 5.66. The Hall–Kier alpha value is -1.82. The molecule has 0 aliphatic rings. The standard InChI is InChI=1S/C22H24Cl3FN2O2/c1-3-10-27-22(30)20(4-2)28(13-14-8-9-17(24)18(25)11-14)21(29)12-15-16(23)6-5-7-19(15)26/h5-9,11,20H,3-4,10,12-13H2,1-2H3,(H,27,30)/t20-/m0/s1. The SMILES string of the molecule is CCCNC(=O)[C@H](CC)N(Cc1ccc(Cl)c(Cl)c1)C(=O)Cc1c(F)cccc1Cl. The molecule has 0 aliphatic carbocycles. The van der Waals surface area contributed by atoms with Crippen molar-refractivity contribution in [3.8, 4) is 0 Å². The molecule has 0 aliphatic heterocycles. The molecule has 1 atom stereocenters. The Morgan fingerprint density at radius 2 is 1.80 bits per heavy atom. The van der Waals surface area contributed by atoms with Gasteiger partial charge in [-0.15, -0.1) is 0 Å². The number of halogens is 4. The number of hydrogen-bond donors (Lipinski definition) is 1. The summed E-state index contributed by atoms with van der Waals surface area (Å²) in [5.41, 5.74) is 0.811. The van der Waals surface area contributed by atoms with Gasteiger partial charge in [0.05, 0.1) is 16.5 Å². The maximum absolute atomic E-state index is 14.2. The molecule has 0 saturated carbocycles. The fraction of sp³-hybridized carbons (Fsp3) is 0.364. The van der Waals surface area contributed by atoms with Crippen molar-refractivity contribution in [1.29, 1.82) is 0 Å². The van der Waals surface area contributed by atoms with Crippen molar-refractivity contribution >= 4 is 46.6 Å². The van der Waals surface area contributed by atoms with E-state index in [-0.39, 0.29) is 29.5 Å². The summed E-state index contributed by atoms with van der Waals surface area (Å²) in [6, 6.07) is 8.56. The highest BCUT2D eigenvalue weighted by Gasteiger charge is 2.29. The molecule has 30 heavy (non-hydrogen) atoms. The van der Waals surface area contributed by atoms with E-state index in [0.29, 0.717) is 28.6 Å². The summed E-state index contributed by atoms with van der Waals surface area (Å²) in [6.45, 7) is 4.39.